The number of methoxy groups -OCH3 is 1. The molecule has 37 heavy (non-hydrogen) atoms. The van der Waals surface area contributed by atoms with E-state index in [2.05, 4.69) is 16.6 Å². The maximum absolute atomic E-state index is 13.6. The van der Waals surface area contributed by atoms with Crippen molar-refractivity contribution in [2.45, 2.75) is 32.2 Å². The number of benzene rings is 2. The predicted octanol–water partition coefficient (Wildman–Crippen LogP) is 5.37. The van der Waals surface area contributed by atoms with Crippen LogP contribution in [0.4, 0.5) is 22.8 Å². The van der Waals surface area contributed by atoms with Crippen molar-refractivity contribution in [3.05, 3.63) is 71.9 Å². The largest absolute Gasteiger partial charge is 0.573 e. The van der Waals surface area contributed by atoms with E-state index < -0.39 is 18.5 Å². The fraction of sp³-hybridized carbons (Fsp3) is 0.346. The first-order chi connectivity index (χ1) is 17.6. The molecular formula is C26H29F3N4O4. The Hall–Kier alpha value is -4.02. The second kappa shape index (κ2) is 12.3. The number of amides is 3. The van der Waals surface area contributed by atoms with E-state index in [1.165, 1.54) is 37.6 Å². The molecule has 1 aliphatic rings. The molecule has 1 fully saturated rings. The molecule has 1 unspecified atom stereocenters. The van der Waals surface area contributed by atoms with Crippen LogP contribution >= 0.6 is 0 Å². The number of ether oxygens (including phenoxy) is 2. The van der Waals surface area contributed by atoms with Crippen LogP contribution in [-0.4, -0.2) is 72.8 Å². The lowest BCUT2D eigenvalue weighted by Gasteiger charge is -2.41. The molecule has 3 amide bonds. The van der Waals surface area contributed by atoms with Gasteiger partial charge in [0.05, 0.1) is 13.2 Å². The lowest BCUT2D eigenvalue weighted by Crippen LogP contribution is -2.58. The van der Waals surface area contributed by atoms with Crippen molar-refractivity contribution >= 4 is 24.4 Å². The van der Waals surface area contributed by atoms with Gasteiger partial charge in [0.25, 0.3) is 0 Å². The number of allylic oxidation sites excluding steroid dienone is 1. The Morgan fingerprint density at radius 3 is 2.38 bits per heavy atom. The number of hydrogen-bond donors (Lipinski definition) is 0. The summed E-state index contributed by atoms with van der Waals surface area (Å²) in [5.74, 6) is -0.339. The quantitative estimate of drug-likeness (QED) is 0.365. The predicted molar refractivity (Wildman–Crippen MR) is 133 cm³/mol. The average Bonchev–Trinajstić information content (AvgIpc) is 2.89. The zero-order chi connectivity index (χ0) is 27.0. The minimum atomic E-state index is -4.78. The maximum atomic E-state index is 13.6. The van der Waals surface area contributed by atoms with E-state index in [4.69, 9.17) is 4.74 Å². The van der Waals surface area contributed by atoms with Crippen molar-refractivity contribution < 1.29 is 32.2 Å². The Morgan fingerprint density at radius 1 is 1.14 bits per heavy atom. The van der Waals surface area contributed by atoms with Crippen molar-refractivity contribution in [1.29, 1.82) is 0 Å². The number of alkyl halides is 3. The molecule has 11 heteroatoms. The number of carbonyl (C=O) groups excluding carboxylic acids is 2. The summed E-state index contributed by atoms with van der Waals surface area (Å²) in [6.07, 6.45) is -2.75. The fourth-order valence-electron chi connectivity index (χ4n) is 4.14. The number of urea groups is 1. The molecule has 0 radical (unpaired) electrons. The van der Waals surface area contributed by atoms with Crippen LogP contribution in [0.5, 0.6) is 5.75 Å². The summed E-state index contributed by atoms with van der Waals surface area (Å²) >= 11 is 0. The van der Waals surface area contributed by atoms with Gasteiger partial charge in [0.1, 0.15) is 5.75 Å². The first-order valence-corrected chi connectivity index (χ1v) is 11.6. The van der Waals surface area contributed by atoms with Crippen molar-refractivity contribution in [2.24, 2.45) is 5.10 Å². The Balaban J connectivity index is 1.83. The molecule has 1 atom stereocenters. The van der Waals surface area contributed by atoms with Crippen molar-refractivity contribution in [3.8, 4) is 5.75 Å². The van der Waals surface area contributed by atoms with Crippen LogP contribution < -0.4 is 4.74 Å². The van der Waals surface area contributed by atoms with E-state index in [-0.39, 0.29) is 24.9 Å². The molecule has 0 N–H and O–H groups in total. The monoisotopic (exact) mass is 518 g/mol. The summed E-state index contributed by atoms with van der Waals surface area (Å²) < 4.78 is 46.2. The maximum Gasteiger partial charge on any atom is 0.573 e. The third kappa shape index (κ3) is 7.48. The van der Waals surface area contributed by atoms with Gasteiger partial charge in [-0.3, -0.25) is 0 Å². The van der Waals surface area contributed by atoms with E-state index in [9.17, 15) is 22.8 Å². The van der Waals surface area contributed by atoms with E-state index in [1.807, 2.05) is 37.3 Å². The van der Waals surface area contributed by atoms with Crippen LogP contribution in [-0.2, 0) is 11.2 Å². The number of hydrogen-bond acceptors (Lipinski definition) is 5. The van der Waals surface area contributed by atoms with Gasteiger partial charge >= 0.3 is 18.5 Å². The highest BCUT2D eigenvalue weighted by Crippen LogP contribution is 2.27. The van der Waals surface area contributed by atoms with E-state index in [0.29, 0.717) is 30.5 Å². The number of rotatable bonds is 7. The zero-order valence-corrected chi connectivity index (χ0v) is 20.6. The molecule has 1 aliphatic heterocycles. The fourth-order valence-corrected chi connectivity index (χ4v) is 4.14. The topological polar surface area (TPSA) is 74.7 Å². The second-order valence-electron chi connectivity index (χ2n) is 8.30. The van der Waals surface area contributed by atoms with Crippen LogP contribution in [0.15, 0.2) is 65.9 Å². The number of halogens is 3. The summed E-state index contributed by atoms with van der Waals surface area (Å²) in [5, 5.41) is 5.01. The van der Waals surface area contributed by atoms with Crippen molar-refractivity contribution in [2.75, 3.05) is 26.7 Å². The van der Waals surface area contributed by atoms with Gasteiger partial charge in [0, 0.05) is 32.6 Å². The first-order valence-electron chi connectivity index (χ1n) is 11.6. The molecule has 0 saturated carbocycles. The lowest BCUT2D eigenvalue weighted by atomic mass is 10.0. The molecule has 3 rings (SSSR count). The molecule has 198 valence electrons. The third-order valence-electron chi connectivity index (χ3n) is 5.94. The first kappa shape index (κ1) is 27.6. The van der Waals surface area contributed by atoms with Gasteiger partial charge < -0.3 is 19.3 Å². The highest BCUT2D eigenvalue weighted by atomic mass is 19.4. The standard InChI is InChI=1S/C26H29F3N4O4/c1-4-20(21-10-12-23(13-11-21)37-26(27,28)29)17-33(30-2)24(34)32-15-14-31(25(35)36-3)18-22(32)16-19-8-6-5-7-9-19/h5-13,17,22H,2,4,14-16,18H2,1,3H3/b20-17+. The summed E-state index contributed by atoms with van der Waals surface area (Å²) in [5.41, 5.74) is 2.27. The van der Waals surface area contributed by atoms with E-state index >= 15 is 0 Å². The lowest BCUT2D eigenvalue weighted by molar-refractivity contribution is -0.274. The number of hydrazone groups is 1. The van der Waals surface area contributed by atoms with Gasteiger partial charge in [0.2, 0.25) is 0 Å². The number of carbonyl (C=O) groups is 2. The van der Waals surface area contributed by atoms with Crippen LogP contribution in [0.1, 0.15) is 24.5 Å². The second-order valence-corrected chi connectivity index (χ2v) is 8.30. The summed E-state index contributed by atoms with van der Waals surface area (Å²) in [4.78, 5) is 28.9. The molecule has 0 spiro atoms. The minimum Gasteiger partial charge on any atom is -0.453 e. The number of piperazine rings is 1. The third-order valence-corrected chi connectivity index (χ3v) is 5.94. The average molecular weight is 519 g/mol. The van der Waals surface area contributed by atoms with Crippen LogP contribution in [0.3, 0.4) is 0 Å². The molecule has 1 heterocycles. The Morgan fingerprint density at radius 2 is 1.81 bits per heavy atom. The number of nitrogens with zero attached hydrogens (tertiary/aromatic N) is 4. The van der Waals surface area contributed by atoms with Gasteiger partial charge in [0.15, 0.2) is 0 Å². The van der Waals surface area contributed by atoms with E-state index in [1.54, 1.807) is 9.80 Å². The molecule has 0 aliphatic carbocycles. The van der Waals surface area contributed by atoms with Gasteiger partial charge in [-0.1, -0.05) is 49.4 Å². The normalized spacial score (nSPS) is 16.2. The minimum absolute atomic E-state index is 0.260. The molecule has 0 bridgehead atoms. The Kier molecular flexibility index (Phi) is 9.15. The SMILES string of the molecule is C=NN(/C=C(\CC)c1ccc(OC(F)(F)F)cc1)C(=O)N1CCN(C(=O)OC)CC1Cc1ccccc1. The zero-order valence-electron chi connectivity index (χ0n) is 20.6. The summed E-state index contributed by atoms with van der Waals surface area (Å²) in [6.45, 7) is 6.22. The molecule has 2 aromatic rings. The Labute approximate surface area is 213 Å². The molecular weight excluding hydrogens is 489 g/mol. The highest BCUT2D eigenvalue weighted by Gasteiger charge is 2.35. The Bertz CT molecular complexity index is 1110. The van der Waals surface area contributed by atoms with Crippen molar-refractivity contribution in [1.82, 2.24) is 14.8 Å². The molecule has 2 aromatic carbocycles. The summed E-state index contributed by atoms with van der Waals surface area (Å²) in [7, 11) is 1.31. The van der Waals surface area contributed by atoms with Gasteiger partial charge in [-0.05, 0) is 41.7 Å². The van der Waals surface area contributed by atoms with Crippen LogP contribution in [0.2, 0.25) is 0 Å². The van der Waals surface area contributed by atoms with Gasteiger partial charge in [-0.2, -0.15) is 10.1 Å². The molecule has 1 saturated heterocycles. The van der Waals surface area contributed by atoms with Gasteiger partial charge in [-0.15, -0.1) is 13.2 Å². The molecule has 0 aromatic heterocycles. The van der Waals surface area contributed by atoms with Crippen LogP contribution in [0, 0.1) is 0 Å². The highest BCUT2D eigenvalue weighted by molar-refractivity contribution is 5.79. The molecule has 8 nitrogen and oxygen atoms in total. The van der Waals surface area contributed by atoms with Crippen molar-refractivity contribution in [3.63, 3.8) is 0 Å². The smallest absolute Gasteiger partial charge is 0.453 e. The van der Waals surface area contributed by atoms with E-state index in [0.717, 1.165) is 10.6 Å². The summed E-state index contributed by atoms with van der Waals surface area (Å²) in [6, 6.07) is 14.2. The van der Waals surface area contributed by atoms with Crippen LogP contribution in [0.25, 0.3) is 5.57 Å². The van der Waals surface area contributed by atoms with Gasteiger partial charge in [-0.25, -0.2) is 9.59 Å².